The van der Waals surface area contributed by atoms with E-state index in [1.54, 1.807) is 30.7 Å². The molecule has 0 unspecified atom stereocenters. The summed E-state index contributed by atoms with van der Waals surface area (Å²) in [7, 11) is 0. The Kier molecular flexibility index (Phi) is 5.13. The minimum absolute atomic E-state index is 0.246. The molecule has 0 radical (unpaired) electrons. The number of carbonyl (C=O) groups is 1. The first-order valence-electron chi connectivity index (χ1n) is 7.46. The van der Waals surface area contributed by atoms with Crippen LogP contribution < -0.4 is 10.6 Å². The summed E-state index contributed by atoms with van der Waals surface area (Å²) in [5.41, 5.74) is 2.17. The third kappa shape index (κ3) is 4.14. The highest BCUT2D eigenvalue weighted by Crippen LogP contribution is 2.16. The van der Waals surface area contributed by atoms with Crippen LogP contribution in [0.25, 0.3) is 0 Å². The fraction of sp³-hybridized carbons (Fsp3) is 0.111. The molecule has 0 bridgehead atoms. The minimum atomic E-state index is -0.246. The van der Waals surface area contributed by atoms with Crippen molar-refractivity contribution in [1.82, 2.24) is 10.3 Å². The topological polar surface area (TPSA) is 67.2 Å². The Bertz CT molecular complexity index is 801. The summed E-state index contributed by atoms with van der Waals surface area (Å²) < 4.78 is 5.17. The summed E-state index contributed by atoms with van der Waals surface area (Å²) in [6, 6.07) is 14.7. The predicted octanol–water partition coefficient (Wildman–Crippen LogP) is 3.87. The molecule has 3 rings (SSSR count). The average molecular weight is 342 g/mol. The number of aromatic nitrogens is 1. The van der Waals surface area contributed by atoms with E-state index >= 15 is 0 Å². The first-order chi connectivity index (χ1) is 11.7. The second kappa shape index (κ2) is 7.66. The molecule has 0 fully saturated rings. The number of hydrogen-bond acceptors (Lipinski definition) is 4. The molecule has 5 nitrogen and oxygen atoms in total. The van der Waals surface area contributed by atoms with Crippen molar-refractivity contribution in [2.45, 2.75) is 13.1 Å². The van der Waals surface area contributed by atoms with E-state index in [2.05, 4.69) is 15.6 Å². The molecule has 24 heavy (non-hydrogen) atoms. The molecule has 0 aliphatic rings. The lowest BCUT2D eigenvalue weighted by Gasteiger charge is -2.08. The second-order valence-corrected chi connectivity index (χ2v) is 5.55. The number of rotatable bonds is 6. The number of nitrogens with zero attached hydrogens (tertiary/aromatic N) is 1. The van der Waals surface area contributed by atoms with E-state index in [0.29, 0.717) is 29.6 Å². The van der Waals surface area contributed by atoms with Crippen LogP contribution in [0.15, 0.2) is 65.4 Å². The van der Waals surface area contributed by atoms with E-state index in [-0.39, 0.29) is 5.91 Å². The average Bonchev–Trinajstić information content (AvgIpc) is 3.13. The molecule has 2 heterocycles. The van der Waals surface area contributed by atoms with E-state index in [1.165, 1.54) is 0 Å². The lowest BCUT2D eigenvalue weighted by molar-refractivity contribution is 0.0943. The van der Waals surface area contributed by atoms with E-state index < -0.39 is 0 Å². The molecule has 0 atom stereocenters. The van der Waals surface area contributed by atoms with Crippen molar-refractivity contribution in [3.8, 4) is 0 Å². The number of benzene rings is 1. The lowest BCUT2D eigenvalue weighted by atomic mass is 10.2. The zero-order chi connectivity index (χ0) is 16.8. The van der Waals surface area contributed by atoms with Gasteiger partial charge in [-0.1, -0.05) is 29.8 Å². The Morgan fingerprint density at radius 3 is 2.67 bits per heavy atom. The second-order valence-electron chi connectivity index (χ2n) is 5.14. The van der Waals surface area contributed by atoms with E-state index in [9.17, 15) is 4.79 Å². The van der Waals surface area contributed by atoms with Crippen molar-refractivity contribution in [2.24, 2.45) is 0 Å². The van der Waals surface area contributed by atoms with Crippen molar-refractivity contribution in [1.29, 1.82) is 0 Å². The normalized spacial score (nSPS) is 10.4. The maximum absolute atomic E-state index is 12.0. The maximum Gasteiger partial charge on any atom is 0.270 e. The summed E-state index contributed by atoms with van der Waals surface area (Å²) in [6.07, 6.45) is 3.19. The third-order valence-corrected chi connectivity index (χ3v) is 3.81. The molecule has 1 aromatic carbocycles. The number of halogens is 1. The van der Waals surface area contributed by atoms with Gasteiger partial charge in [-0.3, -0.25) is 4.79 Å². The fourth-order valence-corrected chi connectivity index (χ4v) is 2.35. The smallest absolute Gasteiger partial charge is 0.270 e. The number of furan rings is 1. The van der Waals surface area contributed by atoms with Gasteiger partial charge in [0.15, 0.2) is 0 Å². The van der Waals surface area contributed by atoms with Crippen molar-refractivity contribution in [3.05, 3.63) is 83.0 Å². The van der Waals surface area contributed by atoms with Crippen molar-refractivity contribution in [3.63, 3.8) is 0 Å². The molecule has 2 aromatic heterocycles. The zero-order valence-corrected chi connectivity index (χ0v) is 13.6. The Morgan fingerprint density at radius 2 is 1.96 bits per heavy atom. The molecule has 0 aliphatic heterocycles. The van der Waals surface area contributed by atoms with Gasteiger partial charge in [-0.25, -0.2) is 4.98 Å². The summed E-state index contributed by atoms with van der Waals surface area (Å²) in [5.74, 6) is 0.449. The number of anilines is 1. The van der Waals surface area contributed by atoms with Gasteiger partial charge in [-0.2, -0.15) is 0 Å². The lowest BCUT2D eigenvalue weighted by Crippen LogP contribution is -2.23. The third-order valence-electron chi connectivity index (χ3n) is 3.44. The number of carbonyl (C=O) groups excluding carboxylic acids is 1. The van der Waals surface area contributed by atoms with E-state index in [4.69, 9.17) is 16.0 Å². The summed E-state index contributed by atoms with van der Waals surface area (Å²) in [5, 5.41) is 6.70. The van der Waals surface area contributed by atoms with Gasteiger partial charge in [0.2, 0.25) is 0 Å². The van der Waals surface area contributed by atoms with E-state index in [1.807, 2.05) is 30.3 Å². The molecular weight excluding hydrogens is 326 g/mol. The van der Waals surface area contributed by atoms with Gasteiger partial charge in [-0.15, -0.1) is 0 Å². The summed E-state index contributed by atoms with van der Waals surface area (Å²) >= 11 is 6.12. The molecule has 6 heteroatoms. The van der Waals surface area contributed by atoms with Crippen LogP contribution in [-0.2, 0) is 13.1 Å². The molecular formula is C18H16ClN3O2. The number of amides is 1. The van der Waals surface area contributed by atoms with Gasteiger partial charge in [0, 0.05) is 11.6 Å². The molecule has 122 valence electrons. The Hall–Kier alpha value is -2.79. The summed E-state index contributed by atoms with van der Waals surface area (Å²) in [4.78, 5) is 16.2. The number of pyridine rings is 1. The van der Waals surface area contributed by atoms with Crippen molar-refractivity contribution >= 4 is 23.2 Å². The molecule has 0 aliphatic carbocycles. The first-order valence-corrected chi connectivity index (χ1v) is 7.84. The molecule has 2 N–H and O–H groups in total. The highest BCUT2D eigenvalue weighted by Gasteiger charge is 2.08. The van der Waals surface area contributed by atoms with Crippen LogP contribution in [0.2, 0.25) is 5.02 Å². The minimum Gasteiger partial charge on any atom is -0.467 e. The molecule has 3 aromatic rings. The van der Waals surface area contributed by atoms with Gasteiger partial charge < -0.3 is 15.1 Å². The van der Waals surface area contributed by atoms with Gasteiger partial charge in [0.1, 0.15) is 11.5 Å². The quantitative estimate of drug-likeness (QED) is 0.714. The Labute approximate surface area is 144 Å². The van der Waals surface area contributed by atoms with Crippen LogP contribution in [0, 0.1) is 0 Å². The van der Waals surface area contributed by atoms with Crippen LogP contribution in [-0.4, -0.2) is 10.9 Å². The van der Waals surface area contributed by atoms with Crippen LogP contribution >= 0.6 is 11.6 Å². The fourth-order valence-electron chi connectivity index (χ4n) is 2.14. The van der Waals surface area contributed by atoms with Gasteiger partial charge >= 0.3 is 0 Å². The first kappa shape index (κ1) is 16.1. The zero-order valence-electron chi connectivity index (χ0n) is 12.8. The molecule has 0 saturated heterocycles. The van der Waals surface area contributed by atoms with Crippen molar-refractivity contribution in [2.75, 3.05) is 5.32 Å². The Balaban J connectivity index is 1.55. The van der Waals surface area contributed by atoms with Gasteiger partial charge in [0.25, 0.3) is 5.91 Å². The van der Waals surface area contributed by atoms with Crippen LogP contribution in [0.5, 0.6) is 0 Å². The van der Waals surface area contributed by atoms with Crippen LogP contribution in [0.3, 0.4) is 0 Å². The highest BCUT2D eigenvalue weighted by molar-refractivity contribution is 6.31. The molecule has 1 amide bonds. The van der Waals surface area contributed by atoms with Crippen molar-refractivity contribution < 1.29 is 9.21 Å². The van der Waals surface area contributed by atoms with Gasteiger partial charge in [0.05, 0.1) is 24.7 Å². The van der Waals surface area contributed by atoms with Crippen LogP contribution in [0.4, 0.5) is 5.69 Å². The van der Waals surface area contributed by atoms with Crippen LogP contribution in [0.1, 0.15) is 21.8 Å². The largest absolute Gasteiger partial charge is 0.467 e. The SMILES string of the molecule is O=C(NCc1ccco1)c1ccc(NCc2ccccc2Cl)cn1. The molecule has 0 spiro atoms. The van der Waals surface area contributed by atoms with Gasteiger partial charge in [-0.05, 0) is 35.9 Å². The summed E-state index contributed by atoms with van der Waals surface area (Å²) in [6.45, 7) is 0.922. The Morgan fingerprint density at radius 1 is 1.08 bits per heavy atom. The maximum atomic E-state index is 12.0. The highest BCUT2D eigenvalue weighted by atomic mass is 35.5. The predicted molar refractivity (Wildman–Crippen MR) is 92.9 cm³/mol. The number of hydrogen-bond donors (Lipinski definition) is 2. The van der Waals surface area contributed by atoms with E-state index in [0.717, 1.165) is 11.3 Å². The standard InChI is InChI=1S/C18H16ClN3O2/c19-16-6-2-1-4-13(16)10-20-14-7-8-17(21-11-14)18(23)22-12-15-5-3-9-24-15/h1-9,11,20H,10,12H2,(H,22,23). The number of nitrogens with one attached hydrogen (secondary N) is 2. The monoisotopic (exact) mass is 341 g/mol. The molecule has 0 saturated carbocycles.